The zero-order chi connectivity index (χ0) is 24.4. The van der Waals surface area contributed by atoms with Crippen molar-refractivity contribution in [2.24, 2.45) is 5.73 Å². The summed E-state index contributed by atoms with van der Waals surface area (Å²) in [6.45, 7) is 1.05. The standard InChI is InChI=1S/C24H26N4O6/c1-33-19-11-17-18(12-20(19)34-2)27(14-21(25)29)24(32)28(23(17)31)13-15-5-7-16(8-6-15)22(30)26-9-3-4-10-26/h5-8,11-12H,3-4,9-10,13-14H2,1-2H3,(H2,25,29). The predicted octanol–water partition coefficient (Wildman–Crippen LogP) is 0.950. The molecule has 0 aliphatic carbocycles. The van der Waals surface area contributed by atoms with Crippen molar-refractivity contribution < 1.29 is 19.1 Å². The SMILES string of the molecule is COc1cc2c(=O)n(Cc3ccc(C(=O)N4CCCC4)cc3)c(=O)n(CC(N)=O)c2cc1OC. The molecule has 1 fully saturated rings. The van der Waals surface area contributed by atoms with Crippen LogP contribution in [-0.2, 0) is 17.9 Å². The highest BCUT2D eigenvalue weighted by Crippen LogP contribution is 2.30. The molecule has 1 aromatic heterocycles. The molecular weight excluding hydrogens is 440 g/mol. The van der Waals surface area contributed by atoms with Crippen molar-refractivity contribution in [2.45, 2.75) is 25.9 Å². The highest BCUT2D eigenvalue weighted by molar-refractivity contribution is 5.94. The first-order valence-electron chi connectivity index (χ1n) is 10.9. The van der Waals surface area contributed by atoms with Crippen molar-refractivity contribution in [1.29, 1.82) is 0 Å². The molecule has 4 rings (SSSR count). The lowest BCUT2D eigenvalue weighted by atomic mass is 10.1. The first-order chi connectivity index (χ1) is 16.3. The lowest BCUT2D eigenvalue weighted by Gasteiger charge is -2.16. The second-order valence-electron chi connectivity index (χ2n) is 8.15. The molecule has 2 heterocycles. The summed E-state index contributed by atoms with van der Waals surface area (Å²) in [5.41, 5.74) is 5.58. The fourth-order valence-electron chi connectivity index (χ4n) is 4.23. The second kappa shape index (κ2) is 9.42. The maximum Gasteiger partial charge on any atom is 0.332 e. The number of likely N-dealkylation sites (tertiary alicyclic amines) is 1. The van der Waals surface area contributed by atoms with E-state index in [9.17, 15) is 19.2 Å². The van der Waals surface area contributed by atoms with Gasteiger partial charge in [0.2, 0.25) is 5.91 Å². The summed E-state index contributed by atoms with van der Waals surface area (Å²) in [6.07, 6.45) is 2.01. The van der Waals surface area contributed by atoms with Gasteiger partial charge in [-0.15, -0.1) is 0 Å². The summed E-state index contributed by atoms with van der Waals surface area (Å²) in [7, 11) is 2.87. The zero-order valence-electron chi connectivity index (χ0n) is 19.1. The van der Waals surface area contributed by atoms with E-state index in [1.165, 1.54) is 26.4 Å². The number of amides is 2. The molecule has 178 valence electrons. The topological polar surface area (TPSA) is 126 Å². The highest BCUT2D eigenvalue weighted by atomic mass is 16.5. The van der Waals surface area contributed by atoms with Gasteiger partial charge < -0.3 is 20.1 Å². The van der Waals surface area contributed by atoms with Gasteiger partial charge in [-0.05, 0) is 36.6 Å². The van der Waals surface area contributed by atoms with Gasteiger partial charge in [0.05, 0.1) is 31.7 Å². The normalized spacial score (nSPS) is 13.3. The molecule has 0 bridgehead atoms. The molecule has 34 heavy (non-hydrogen) atoms. The summed E-state index contributed by atoms with van der Waals surface area (Å²) >= 11 is 0. The zero-order valence-corrected chi connectivity index (χ0v) is 19.1. The maximum atomic E-state index is 13.3. The first kappa shape index (κ1) is 23.1. The third-order valence-electron chi connectivity index (χ3n) is 5.98. The monoisotopic (exact) mass is 466 g/mol. The molecule has 1 aliphatic heterocycles. The molecule has 1 aliphatic rings. The number of aromatic nitrogens is 2. The molecule has 2 N–H and O–H groups in total. The number of hydrogen-bond acceptors (Lipinski definition) is 6. The third-order valence-corrected chi connectivity index (χ3v) is 5.98. The van der Waals surface area contributed by atoms with Crippen LogP contribution >= 0.6 is 0 Å². The Hall–Kier alpha value is -4.08. The number of hydrogen-bond donors (Lipinski definition) is 1. The van der Waals surface area contributed by atoms with Gasteiger partial charge in [0.25, 0.3) is 11.5 Å². The van der Waals surface area contributed by atoms with Crippen molar-refractivity contribution in [3.63, 3.8) is 0 Å². The number of methoxy groups -OCH3 is 2. The molecule has 10 heteroatoms. The number of nitrogens with two attached hydrogens (primary N) is 1. The molecule has 3 aromatic rings. The van der Waals surface area contributed by atoms with E-state index in [0.29, 0.717) is 22.6 Å². The van der Waals surface area contributed by atoms with Gasteiger partial charge >= 0.3 is 5.69 Å². The number of ether oxygens (including phenoxy) is 2. The Labute approximate surface area is 195 Å². The fraction of sp³-hybridized carbons (Fsp3) is 0.333. The number of carbonyl (C=O) groups excluding carboxylic acids is 2. The van der Waals surface area contributed by atoms with Crippen molar-refractivity contribution >= 4 is 22.7 Å². The van der Waals surface area contributed by atoms with Crippen LogP contribution in [-0.4, -0.2) is 53.2 Å². The van der Waals surface area contributed by atoms with Crippen LogP contribution in [0, 0.1) is 0 Å². The molecule has 0 spiro atoms. The van der Waals surface area contributed by atoms with Gasteiger partial charge in [-0.1, -0.05) is 12.1 Å². The Morgan fingerprint density at radius 1 is 0.941 bits per heavy atom. The van der Waals surface area contributed by atoms with Crippen LogP contribution in [0.5, 0.6) is 11.5 Å². The summed E-state index contributed by atoms with van der Waals surface area (Å²) < 4.78 is 12.8. The van der Waals surface area contributed by atoms with E-state index in [0.717, 1.165) is 35.1 Å². The van der Waals surface area contributed by atoms with E-state index >= 15 is 0 Å². The number of carbonyl (C=O) groups is 2. The van der Waals surface area contributed by atoms with Crippen molar-refractivity contribution in [3.8, 4) is 11.5 Å². The van der Waals surface area contributed by atoms with E-state index < -0.39 is 23.7 Å². The summed E-state index contributed by atoms with van der Waals surface area (Å²) in [5, 5.41) is 0.180. The molecule has 0 unspecified atom stereocenters. The molecule has 1 saturated heterocycles. The van der Waals surface area contributed by atoms with Gasteiger partial charge in [0, 0.05) is 24.7 Å². The van der Waals surface area contributed by atoms with E-state index in [-0.39, 0.29) is 23.4 Å². The average Bonchev–Trinajstić information content (AvgIpc) is 3.38. The lowest BCUT2D eigenvalue weighted by Crippen LogP contribution is -2.42. The van der Waals surface area contributed by atoms with E-state index in [2.05, 4.69) is 0 Å². The molecule has 0 radical (unpaired) electrons. The Morgan fingerprint density at radius 3 is 2.15 bits per heavy atom. The van der Waals surface area contributed by atoms with Gasteiger partial charge in [-0.25, -0.2) is 4.79 Å². The van der Waals surface area contributed by atoms with Gasteiger partial charge in [-0.3, -0.25) is 23.5 Å². The molecule has 2 amide bonds. The highest BCUT2D eigenvalue weighted by Gasteiger charge is 2.20. The van der Waals surface area contributed by atoms with E-state index in [4.69, 9.17) is 15.2 Å². The van der Waals surface area contributed by atoms with Gasteiger partial charge in [0.1, 0.15) is 6.54 Å². The Kier molecular flexibility index (Phi) is 6.40. The van der Waals surface area contributed by atoms with E-state index in [1.54, 1.807) is 24.3 Å². The quantitative estimate of drug-likeness (QED) is 0.553. The molecule has 0 saturated carbocycles. The van der Waals surface area contributed by atoms with Gasteiger partial charge in [0.15, 0.2) is 11.5 Å². The second-order valence-corrected chi connectivity index (χ2v) is 8.15. The Morgan fingerprint density at radius 2 is 1.56 bits per heavy atom. The van der Waals surface area contributed by atoms with Crippen molar-refractivity contribution in [2.75, 3.05) is 27.3 Å². The molecule has 2 aromatic carbocycles. The Balaban J connectivity index is 1.77. The predicted molar refractivity (Wildman–Crippen MR) is 125 cm³/mol. The van der Waals surface area contributed by atoms with Gasteiger partial charge in [-0.2, -0.15) is 0 Å². The molecule has 0 atom stereocenters. The first-order valence-corrected chi connectivity index (χ1v) is 10.9. The smallest absolute Gasteiger partial charge is 0.332 e. The lowest BCUT2D eigenvalue weighted by molar-refractivity contribution is -0.118. The van der Waals surface area contributed by atoms with Crippen molar-refractivity contribution in [1.82, 2.24) is 14.0 Å². The summed E-state index contributed by atoms with van der Waals surface area (Å²) in [4.78, 5) is 52.6. The number of nitrogens with zero attached hydrogens (tertiary/aromatic N) is 3. The fourth-order valence-corrected chi connectivity index (χ4v) is 4.23. The Bertz CT molecular complexity index is 1370. The average molecular weight is 466 g/mol. The van der Waals surface area contributed by atoms with Crippen molar-refractivity contribution in [3.05, 3.63) is 68.4 Å². The van der Waals surface area contributed by atoms with Crippen LogP contribution in [0.1, 0.15) is 28.8 Å². The molecular formula is C24H26N4O6. The van der Waals surface area contributed by atoms with Crippen LogP contribution in [0.2, 0.25) is 0 Å². The van der Waals surface area contributed by atoms with Crippen LogP contribution in [0.15, 0.2) is 46.0 Å². The third kappa shape index (κ3) is 4.26. The van der Waals surface area contributed by atoms with Crippen LogP contribution in [0.25, 0.3) is 10.9 Å². The molecule has 10 nitrogen and oxygen atoms in total. The summed E-state index contributed by atoms with van der Waals surface area (Å²) in [5.74, 6) is -0.138. The van der Waals surface area contributed by atoms with Crippen LogP contribution in [0.3, 0.4) is 0 Å². The number of benzene rings is 2. The number of primary amides is 1. The maximum absolute atomic E-state index is 13.3. The minimum absolute atomic E-state index is 0.0308. The minimum atomic E-state index is -0.729. The number of fused-ring (bicyclic) bond motifs is 1. The summed E-state index contributed by atoms with van der Waals surface area (Å²) in [6, 6.07) is 9.76. The van der Waals surface area contributed by atoms with E-state index in [1.807, 2.05) is 4.90 Å². The minimum Gasteiger partial charge on any atom is -0.493 e. The largest absolute Gasteiger partial charge is 0.493 e. The van der Waals surface area contributed by atoms with Crippen LogP contribution in [0.4, 0.5) is 0 Å². The number of rotatable bonds is 7. The van der Waals surface area contributed by atoms with Crippen LogP contribution < -0.4 is 26.5 Å².